The van der Waals surface area contributed by atoms with Crippen molar-refractivity contribution in [2.75, 3.05) is 26.2 Å². The molecule has 0 N–H and O–H groups in total. The van der Waals surface area contributed by atoms with Crippen molar-refractivity contribution in [1.29, 1.82) is 0 Å². The van der Waals surface area contributed by atoms with Gasteiger partial charge in [-0.3, -0.25) is 4.90 Å². The Bertz CT molecular complexity index is 1060. The van der Waals surface area contributed by atoms with E-state index in [1.54, 1.807) is 0 Å². The predicted octanol–water partition coefficient (Wildman–Crippen LogP) is 2.90. The fourth-order valence-electron chi connectivity index (χ4n) is 3.80. The first-order valence-corrected chi connectivity index (χ1v) is 11.9. The Hall–Kier alpha value is -1.33. The van der Waals surface area contributed by atoms with E-state index in [1.165, 1.54) is 16.8 Å². The molecule has 158 valence electrons. The van der Waals surface area contributed by atoms with Crippen LogP contribution in [0.3, 0.4) is 0 Å². The van der Waals surface area contributed by atoms with Gasteiger partial charge in [0.1, 0.15) is 11.6 Å². The predicted molar refractivity (Wildman–Crippen MR) is 110 cm³/mol. The smallest absolute Gasteiger partial charge is 0.243 e. The topological polar surface area (TPSA) is 63.4 Å². The molecule has 0 aliphatic carbocycles. The van der Waals surface area contributed by atoms with Gasteiger partial charge < -0.3 is 4.57 Å². The maximum atomic E-state index is 13.4. The lowest BCUT2D eigenvalue weighted by atomic mass is 10.2. The molecular weight excluding hydrogens is 437 g/mol. The molecule has 1 aromatic carbocycles. The van der Waals surface area contributed by atoms with Crippen LogP contribution >= 0.6 is 23.8 Å². The SMILES string of the molecule is O=S(=O)(c1ccc(F)c(Cl)c1)N1CCN(Cn2nc3n(c2=S)CCCCC3)CC1. The first kappa shape index (κ1) is 20.9. The summed E-state index contributed by atoms with van der Waals surface area (Å²) in [4.78, 5) is 2.16. The van der Waals surface area contributed by atoms with E-state index in [4.69, 9.17) is 23.8 Å². The number of nitrogens with zero attached hydrogens (tertiary/aromatic N) is 5. The lowest BCUT2D eigenvalue weighted by Gasteiger charge is -2.33. The Balaban J connectivity index is 1.42. The third-order valence-corrected chi connectivity index (χ3v) is 8.09. The molecular formula is C18H23ClFN5O2S2. The first-order valence-electron chi connectivity index (χ1n) is 9.70. The van der Waals surface area contributed by atoms with Crippen molar-refractivity contribution in [3.05, 3.63) is 39.6 Å². The van der Waals surface area contributed by atoms with Crippen molar-refractivity contribution >= 4 is 33.8 Å². The molecule has 0 unspecified atom stereocenters. The van der Waals surface area contributed by atoms with E-state index in [2.05, 4.69) is 14.6 Å². The highest BCUT2D eigenvalue weighted by molar-refractivity contribution is 7.89. The average Bonchev–Trinajstić information content (AvgIpc) is 2.86. The fourth-order valence-corrected chi connectivity index (χ4v) is 5.79. The summed E-state index contributed by atoms with van der Waals surface area (Å²) in [5.41, 5.74) is 0. The number of aryl methyl sites for hydroxylation is 1. The van der Waals surface area contributed by atoms with Gasteiger partial charge in [0, 0.05) is 39.1 Å². The Morgan fingerprint density at radius 3 is 2.59 bits per heavy atom. The highest BCUT2D eigenvalue weighted by atomic mass is 35.5. The summed E-state index contributed by atoms with van der Waals surface area (Å²) in [5.74, 6) is 0.410. The molecule has 29 heavy (non-hydrogen) atoms. The molecule has 0 spiro atoms. The molecule has 7 nitrogen and oxygen atoms in total. The monoisotopic (exact) mass is 459 g/mol. The van der Waals surface area contributed by atoms with E-state index >= 15 is 0 Å². The van der Waals surface area contributed by atoms with Gasteiger partial charge in [-0.15, -0.1) is 0 Å². The normalized spacial score (nSPS) is 19.1. The van der Waals surface area contributed by atoms with E-state index in [0.717, 1.165) is 48.5 Å². The second-order valence-corrected chi connectivity index (χ2v) is 10.1. The quantitative estimate of drug-likeness (QED) is 0.658. The van der Waals surface area contributed by atoms with Crippen LogP contribution < -0.4 is 0 Å². The fraction of sp³-hybridized carbons (Fsp3) is 0.556. The number of aromatic nitrogens is 3. The van der Waals surface area contributed by atoms with Crippen LogP contribution in [0.4, 0.5) is 4.39 Å². The molecule has 4 rings (SSSR count). The van der Waals surface area contributed by atoms with Crippen molar-refractivity contribution in [2.24, 2.45) is 0 Å². The van der Waals surface area contributed by atoms with Crippen LogP contribution in [0, 0.1) is 10.6 Å². The van der Waals surface area contributed by atoms with E-state index in [0.29, 0.717) is 32.8 Å². The average molecular weight is 460 g/mol. The van der Waals surface area contributed by atoms with Gasteiger partial charge >= 0.3 is 0 Å². The van der Waals surface area contributed by atoms with Crippen LogP contribution in [0.15, 0.2) is 23.1 Å². The summed E-state index contributed by atoms with van der Waals surface area (Å²) in [5, 5.41) is 4.49. The van der Waals surface area contributed by atoms with Crippen molar-refractivity contribution in [1.82, 2.24) is 23.6 Å². The molecule has 1 fully saturated rings. The minimum atomic E-state index is -3.70. The maximum absolute atomic E-state index is 13.4. The van der Waals surface area contributed by atoms with E-state index < -0.39 is 15.8 Å². The van der Waals surface area contributed by atoms with Gasteiger partial charge in [0.15, 0.2) is 4.77 Å². The molecule has 1 saturated heterocycles. The van der Waals surface area contributed by atoms with Crippen LogP contribution in [-0.2, 0) is 29.7 Å². The molecule has 0 atom stereocenters. The molecule has 3 heterocycles. The molecule has 2 aliphatic heterocycles. The molecule has 0 bridgehead atoms. The van der Waals surface area contributed by atoms with E-state index in [9.17, 15) is 12.8 Å². The van der Waals surface area contributed by atoms with Crippen LogP contribution in [0.1, 0.15) is 25.1 Å². The molecule has 0 radical (unpaired) electrons. The van der Waals surface area contributed by atoms with Gasteiger partial charge in [-0.1, -0.05) is 18.0 Å². The first-order chi connectivity index (χ1) is 13.9. The highest BCUT2D eigenvalue weighted by Crippen LogP contribution is 2.23. The number of benzene rings is 1. The minimum absolute atomic E-state index is 0.0115. The minimum Gasteiger partial charge on any atom is -0.304 e. The third kappa shape index (κ3) is 4.27. The molecule has 1 aromatic heterocycles. The number of hydrogen-bond donors (Lipinski definition) is 0. The standard InChI is InChI=1S/C18H23ClFN5O2S2/c19-15-12-14(5-6-16(15)20)29(26,27)23-10-8-22(9-11-23)13-25-18(28)24-7-3-1-2-4-17(24)21-25/h5-6,12H,1-4,7-11,13H2. The number of halogens is 2. The molecule has 11 heteroatoms. The Kier molecular flexibility index (Phi) is 6.08. The van der Waals surface area contributed by atoms with Crippen LogP contribution in [0.25, 0.3) is 0 Å². The van der Waals surface area contributed by atoms with Gasteiger partial charge in [-0.25, -0.2) is 17.5 Å². The summed E-state index contributed by atoms with van der Waals surface area (Å²) in [6.45, 7) is 3.29. The maximum Gasteiger partial charge on any atom is 0.243 e. The summed E-state index contributed by atoms with van der Waals surface area (Å²) in [6.07, 6.45) is 4.41. The van der Waals surface area contributed by atoms with Gasteiger partial charge in [0.05, 0.1) is 16.6 Å². The van der Waals surface area contributed by atoms with Gasteiger partial charge in [0.2, 0.25) is 10.0 Å². The number of rotatable bonds is 4. The van der Waals surface area contributed by atoms with Crippen molar-refractivity contribution in [3.63, 3.8) is 0 Å². The largest absolute Gasteiger partial charge is 0.304 e. The molecule has 0 amide bonds. The van der Waals surface area contributed by atoms with Crippen molar-refractivity contribution < 1.29 is 12.8 Å². The van der Waals surface area contributed by atoms with E-state index in [1.807, 2.05) is 4.68 Å². The van der Waals surface area contributed by atoms with Gasteiger partial charge in [0.25, 0.3) is 0 Å². The zero-order valence-corrected chi connectivity index (χ0v) is 18.3. The van der Waals surface area contributed by atoms with Gasteiger partial charge in [-0.05, 0) is 43.3 Å². The molecule has 0 saturated carbocycles. The van der Waals surface area contributed by atoms with Crippen molar-refractivity contribution in [3.8, 4) is 0 Å². The third-order valence-electron chi connectivity index (χ3n) is 5.48. The second kappa shape index (κ2) is 8.43. The van der Waals surface area contributed by atoms with Crippen LogP contribution in [0.2, 0.25) is 5.02 Å². The lowest BCUT2D eigenvalue weighted by molar-refractivity contribution is 0.144. The van der Waals surface area contributed by atoms with Crippen LogP contribution in [0.5, 0.6) is 0 Å². The zero-order chi connectivity index (χ0) is 20.6. The molecule has 2 aliphatic rings. The summed E-state index contributed by atoms with van der Waals surface area (Å²) in [6, 6.07) is 3.49. The second-order valence-electron chi connectivity index (χ2n) is 7.40. The summed E-state index contributed by atoms with van der Waals surface area (Å²) < 4.78 is 45.1. The zero-order valence-electron chi connectivity index (χ0n) is 15.9. The lowest BCUT2D eigenvalue weighted by Crippen LogP contribution is -2.48. The Labute approximate surface area is 179 Å². The highest BCUT2D eigenvalue weighted by Gasteiger charge is 2.29. The summed E-state index contributed by atoms with van der Waals surface area (Å²) in [7, 11) is -3.70. The number of fused-ring (bicyclic) bond motifs is 1. The molecule has 2 aromatic rings. The van der Waals surface area contributed by atoms with Gasteiger partial charge in [-0.2, -0.15) is 9.40 Å². The Morgan fingerprint density at radius 1 is 1.10 bits per heavy atom. The number of piperazine rings is 1. The van der Waals surface area contributed by atoms with E-state index in [-0.39, 0.29) is 9.92 Å². The van der Waals surface area contributed by atoms with Crippen LogP contribution in [-0.4, -0.2) is 58.1 Å². The Morgan fingerprint density at radius 2 is 1.86 bits per heavy atom. The van der Waals surface area contributed by atoms with Crippen molar-refractivity contribution in [2.45, 2.75) is 43.8 Å². The number of sulfonamides is 1. The summed E-state index contributed by atoms with van der Waals surface area (Å²) >= 11 is 11.3. The number of hydrogen-bond acceptors (Lipinski definition) is 5.